The zero-order valence-corrected chi connectivity index (χ0v) is 18.0. The van der Waals surface area contributed by atoms with E-state index in [1.165, 1.54) is 6.92 Å². The van der Waals surface area contributed by atoms with Gasteiger partial charge in [-0.2, -0.15) is 0 Å². The highest BCUT2D eigenvalue weighted by Crippen LogP contribution is 2.57. The number of allylic oxidation sites excluding steroid dienone is 2. The molecule has 1 heterocycles. The number of rotatable bonds is 3. The van der Waals surface area contributed by atoms with Gasteiger partial charge in [-0.3, -0.25) is 9.59 Å². The second-order valence-electron chi connectivity index (χ2n) is 9.57. The van der Waals surface area contributed by atoms with Crippen LogP contribution in [0, 0.1) is 11.3 Å². The predicted octanol–water partition coefficient (Wildman–Crippen LogP) is 3.51. The Morgan fingerprint density at radius 2 is 1.75 bits per heavy atom. The molecular weight excluding hydrogens is 360 g/mol. The van der Waals surface area contributed by atoms with Gasteiger partial charge in [-0.25, -0.2) is 4.79 Å². The van der Waals surface area contributed by atoms with Crippen molar-refractivity contribution < 1.29 is 28.6 Å². The maximum atomic E-state index is 12.7. The smallest absolute Gasteiger partial charge is 0.341 e. The van der Waals surface area contributed by atoms with Gasteiger partial charge in [0.25, 0.3) is 0 Å². The first-order valence-electron chi connectivity index (χ1n) is 10.1. The monoisotopic (exact) mass is 392 g/mol. The average molecular weight is 392 g/mol. The second kappa shape index (κ2) is 6.68. The molecule has 0 unspecified atom stereocenters. The van der Waals surface area contributed by atoms with Crippen LogP contribution >= 0.6 is 0 Å². The molecular formula is C22H32O6. The molecule has 3 aliphatic rings. The lowest BCUT2D eigenvalue weighted by Crippen LogP contribution is -2.62. The number of carbonyl (C=O) groups excluding carboxylic acids is 3. The summed E-state index contributed by atoms with van der Waals surface area (Å²) in [6, 6.07) is 0. The lowest BCUT2D eigenvalue weighted by Gasteiger charge is -2.56. The number of fused-ring (bicyclic) bond motifs is 1. The van der Waals surface area contributed by atoms with Gasteiger partial charge in [-0.1, -0.05) is 12.5 Å². The van der Waals surface area contributed by atoms with Crippen molar-refractivity contribution in [2.45, 2.75) is 97.6 Å². The highest BCUT2D eigenvalue weighted by molar-refractivity contribution is 5.97. The molecule has 0 aromatic rings. The fourth-order valence-corrected chi connectivity index (χ4v) is 5.19. The van der Waals surface area contributed by atoms with Crippen molar-refractivity contribution in [2.75, 3.05) is 0 Å². The fraction of sp³-hybridized carbons (Fsp3) is 0.773. The molecule has 0 radical (unpaired) electrons. The largest absolute Gasteiger partial charge is 0.456 e. The quantitative estimate of drug-likeness (QED) is 0.415. The Labute approximate surface area is 167 Å². The Hall–Kier alpha value is -1.69. The van der Waals surface area contributed by atoms with Crippen molar-refractivity contribution >= 4 is 17.7 Å². The van der Waals surface area contributed by atoms with E-state index in [1.54, 1.807) is 6.92 Å². The Morgan fingerprint density at radius 3 is 2.25 bits per heavy atom. The molecule has 28 heavy (non-hydrogen) atoms. The summed E-state index contributed by atoms with van der Waals surface area (Å²) in [6.07, 6.45) is 1.49. The number of ketones is 1. The second-order valence-corrected chi connectivity index (χ2v) is 9.57. The van der Waals surface area contributed by atoms with E-state index in [1.807, 2.05) is 27.7 Å². The van der Waals surface area contributed by atoms with Crippen LogP contribution in [0.25, 0.3) is 0 Å². The molecule has 2 saturated carbocycles. The van der Waals surface area contributed by atoms with Crippen molar-refractivity contribution in [3.05, 3.63) is 11.1 Å². The first-order chi connectivity index (χ1) is 12.8. The molecule has 1 aliphatic heterocycles. The van der Waals surface area contributed by atoms with Crippen LogP contribution in [-0.2, 0) is 28.6 Å². The van der Waals surface area contributed by atoms with Gasteiger partial charge in [-0.05, 0) is 64.9 Å². The summed E-state index contributed by atoms with van der Waals surface area (Å²) in [6.45, 7) is 12.7. The third kappa shape index (κ3) is 3.30. The van der Waals surface area contributed by atoms with Gasteiger partial charge in [0.05, 0.1) is 6.10 Å². The standard InChI is InChI=1S/C22H32O6/c1-12(2)15-10-17-20(5,11-16(15)24)9-8-18(22(17,7)28-14(4)23)26-19(25)21(6)13(3)27-21/h13,17-18H,8-11H2,1-7H3/t13-,17+,18+,20+,21+,22-/m0/s1. The third-order valence-corrected chi connectivity index (χ3v) is 7.22. The SMILES string of the molecule is CC(=O)O[C@@]1(C)[C@@H]2CC(=C(C)C)C(=O)C[C@@]2(C)CC[C@H]1OC(=O)[C@]1(C)O[C@H]1C. The first kappa shape index (κ1) is 21.0. The Balaban J connectivity index is 1.95. The minimum atomic E-state index is -0.996. The summed E-state index contributed by atoms with van der Waals surface area (Å²) >= 11 is 0. The van der Waals surface area contributed by atoms with E-state index in [2.05, 4.69) is 6.92 Å². The van der Waals surface area contributed by atoms with Gasteiger partial charge in [0.15, 0.2) is 11.4 Å². The molecule has 0 N–H and O–H groups in total. The molecule has 1 saturated heterocycles. The van der Waals surface area contributed by atoms with Crippen LogP contribution in [-0.4, -0.2) is 41.1 Å². The summed E-state index contributed by atoms with van der Waals surface area (Å²) < 4.78 is 17.2. The number of hydrogen-bond donors (Lipinski definition) is 0. The number of carbonyl (C=O) groups is 3. The van der Waals surface area contributed by atoms with Crippen molar-refractivity contribution in [1.82, 2.24) is 0 Å². The van der Waals surface area contributed by atoms with Crippen molar-refractivity contribution in [3.63, 3.8) is 0 Å². The van der Waals surface area contributed by atoms with Crippen LogP contribution in [0.3, 0.4) is 0 Å². The molecule has 0 bridgehead atoms. The highest BCUT2D eigenvalue weighted by atomic mass is 16.7. The molecule has 6 nitrogen and oxygen atoms in total. The molecule has 0 amide bonds. The van der Waals surface area contributed by atoms with E-state index in [0.29, 0.717) is 19.3 Å². The van der Waals surface area contributed by atoms with Crippen LogP contribution in [0.5, 0.6) is 0 Å². The number of hydrogen-bond acceptors (Lipinski definition) is 6. The van der Waals surface area contributed by atoms with Crippen molar-refractivity contribution in [2.24, 2.45) is 11.3 Å². The van der Waals surface area contributed by atoms with Crippen molar-refractivity contribution in [1.29, 1.82) is 0 Å². The molecule has 3 fully saturated rings. The van der Waals surface area contributed by atoms with Gasteiger partial charge in [0, 0.05) is 19.3 Å². The lowest BCUT2D eigenvalue weighted by atomic mass is 9.53. The summed E-state index contributed by atoms with van der Waals surface area (Å²) in [5.74, 6) is -0.762. The van der Waals surface area contributed by atoms with E-state index in [4.69, 9.17) is 14.2 Å². The molecule has 2 aliphatic carbocycles. The normalized spacial score (nSPS) is 42.5. The zero-order valence-electron chi connectivity index (χ0n) is 18.0. The Kier molecular flexibility index (Phi) is 5.02. The van der Waals surface area contributed by atoms with Gasteiger partial charge in [0.2, 0.25) is 0 Å². The van der Waals surface area contributed by atoms with Crippen LogP contribution in [0.4, 0.5) is 0 Å². The highest BCUT2D eigenvalue weighted by Gasteiger charge is 2.63. The van der Waals surface area contributed by atoms with Gasteiger partial charge < -0.3 is 14.2 Å². The minimum absolute atomic E-state index is 0.108. The molecule has 0 aromatic heterocycles. The molecule has 6 atom stereocenters. The summed E-state index contributed by atoms with van der Waals surface area (Å²) in [5.41, 5.74) is -0.422. The molecule has 0 spiro atoms. The summed E-state index contributed by atoms with van der Waals surface area (Å²) in [5, 5.41) is 0. The van der Waals surface area contributed by atoms with Crippen LogP contribution in [0.2, 0.25) is 0 Å². The maximum Gasteiger partial charge on any atom is 0.341 e. The third-order valence-electron chi connectivity index (χ3n) is 7.22. The van der Waals surface area contributed by atoms with E-state index < -0.39 is 29.2 Å². The Morgan fingerprint density at radius 1 is 1.14 bits per heavy atom. The van der Waals surface area contributed by atoms with E-state index in [9.17, 15) is 14.4 Å². The number of epoxide rings is 1. The number of esters is 2. The topological polar surface area (TPSA) is 82.2 Å². The molecule has 0 aromatic carbocycles. The molecule has 6 heteroatoms. The van der Waals surface area contributed by atoms with Crippen LogP contribution in [0.1, 0.15) is 74.1 Å². The predicted molar refractivity (Wildman–Crippen MR) is 102 cm³/mol. The zero-order chi connectivity index (χ0) is 21.1. The minimum Gasteiger partial charge on any atom is -0.456 e. The molecule has 3 rings (SSSR count). The number of ether oxygens (including phenoxy) is 3. The summed E-state index contributed by atoms with van der Waals surface area (Å²) in [7, 11) is 0. The first-order valence-corrected chi connectivity index (χ1v) is 10.1. The van der Waals surface area contributed by atoms with E-state index >= 15 is 0 Å². The van der Waals surface area contributed by atoms with E-state index in [-0.39, 0.29) is 23.2 Å². The van der Waals surface area contributed by atoms with Crippen LogP contribution in [0.15, 0.2) is 11.1 Å². The maximum absolute atomic E-state index is 12.7. The Bertz CT molecular complexity index is 750. The van der Waals surface area contributed by atoms with Gasteiger partial charge >= 0.3 is 11.9 Å². The van der Waals surface area contributed by atoms with E-state index in [0.717, 1.165) is 17.6 Å². The van der Waals surface area contributed by atoms with Crippen LogP contribution < -0.4 is 0 Å². The fourth-order valence-electron chi connectivity index (χ4n) is 5.19. The van der Waals surface area contributed by atoms with Gasteiger partial charge in [0.1, 0.15) is 11.7 Å². The molecule has 156 valence electrons. The summed E-state index contributed by atoms with van der Waals surface area (Å²) in [4.78, 5) is 37.4. The average Bonchev–Trinajstić information content (AvgIpc) is 3.17. The lowest BCUT2D eigenvalue weighted by molar-refractivity contribution is -0.219. The number of Topliss-reactive ketones (excluding diaryl/α,β-unsaturated/α-hetero) is 1. The van der Waals surface area contributed by atoms with Crippen molar-refractivity contribution in [3.8, 4) is 0 Å². The van der Waals surface area contributed by atoms with Gasteiger partial charge in [-0.15, -0.1) is 0 Å².